The highest BCUT2D eigenvalue weighted by atomic mass is 35.5. The Bertz CT molecular complexity index is 389. The largest absolute Gasteiger partial charge is 0.490 e. The fraction of sp³-hybridized carbons (Fsp3) is 0.625. The molecule has 1 aliphatic carbocycles. The Labute approximate surface area is 115 Å². The highest BCUT2D eigenvalue weighted by Crippen LogP contribution is 2.32. The number of hydrogen-bond acceptors (Lipinski definition) is 1. The van der Waals surface area contributed by atoms with Crippen molar-refractivity contribution in [3.8, 4) is 5.75 Å². The van der Waals surface area contributed by atoms with Gasteiger partial charge in [-0.15, -0.1) is 11.6 Å². The highest BCUT2D eigenvalue weighted by Gasteiger charge is 2.23. The van der Waals surface area contributed by atoms with Gasteiger partial charge in [0.05, 0.1) is 12.0 Å². The van der Waals surface area contributed by atoms with Crippen LogP contribution in [0.4, 0.5) is 0 Å². The normalized spacial score (nSPS) is 23.9. The Morgan fingerprint density at radius 2 is 2.17 bits per heavy atom. The van der Waals surface area contributed by atoms with Gasteiger partial charge in [0.25, 0.3) is 0 Å². The summed E-state index contributed by atoms with van der Waals surface area (Å²) in [6.07, 6.45) is 6.71. The fourth-order valence-corrected chi connectivity index (χ4v) is 3.08. The smallest absolute Gasteiger partial charge is 0.127 e. The average Bonchev–Trinajstić information content (AvgIpc) is 2.41. The summed E-state index contributed by atoms with van der Waals surface area (Å²) in [7, 11) is 0. The number of halogens is 1. The molecule has 2 heteroatoms. The van der Waals surface area contributed by atoms with Crippen LogP contribution in [-0.4, -0.2) is 6.10 Å². The summed E-state index contributed by atoms with van der Waals surface area (Å²) >= 11 is 6.00. The van der Waals surface area contributed by atoms with Crippen molar-refractivity contribution in [2.24, 2.45) is 5.92 Å². The second kappa shape index (κ2) is 6.47. The molecule has 1 aromatic carbocycles. The summed E-state index contributed by atoms with van der Waals surface area (Å²) < 4.78 is 6.26. The third-order valence-electron chi connectivity index (χ3n) is 4.03. The maximum Gasteiger partial charge on any atom is 0.127 e. The van der Waals surface area contributed by atoms with Crippen LogP contribution in [0.25, 0.3) is 0 Å². The van der Waals surface area contributed by atoms with Gasteiger partial charge in [-0.2, -0.15) is 0 Å². The summed E-state index contributed by atoms with van der Waals surface area (Å²) in [5, 5.41) is 0. The average molecular weight is 267 g/mol. The van der Waals surface area contributed by atoms with Crippen LogP contribution in [0.3, 0.4) is 0 Å². The van der Waals surface area contributed by atoms with Gasteiger partial charge < -0.3 is 4.74 Å². The summed E-state index contributed by atoms with van der Waals surface area (Å²) in [6.45, 7) is 4.39. The first-order chi connectivity index (χ1) is 8.74. The molecule has 18 heavy (non-hydrogen) atoms. The highest BCUT2D eigenvalue weighted by molar-refractivity contribution is 6.17. The van der Waals surface area contributed by atoms with Gasteiger partial charge >= 0.3 is 0 Å². The van der Waals surface area contributed by atoms with Gasteiger partial charge in [-0.05, 0) is 37.7 Å². The van der Waals surface area contributed by atoms with Gasteiger partial charge in [-0.1, -0.05) is 38.0 Å². The van der Waals surface area contributed by atoms with Gasteiger partial charge in [0, 0.05) is 5.56 Å². The van der Waals surface area contributed by atoms with E-state index >= 15 is 0 Å². The maximum absolute atomic E-state index is 6.26. The minimum absolute atomic E-state index is 0.381. The predicted molar refractivity (Wildman–Crippen MR) is 77.4 cm³/mol. The Morgan fingerprint density at radius 3 is 2.89 bits per heavy atom. The lowest BCUT2D eigenvalue weighted by Gasteiger charge is -2.30. The lowest BCUT2D eigenvalue weighted by atomic mass is 9.85. The van der Waals surface area contributed by atoms with E-state index in [1.807, 2.05) is 0 Å². The molecule has 0 N–H and O–H groups in total. The number of benzene rings is 1. The van der Waals surface area contributed by atoms with E-state index in [1.165, 1.54) is 37.7 Å². The first kappa shape index (κ1) is 13.7. The summed E-state index contributed by atoms with van der Waals surface area (Å²) in [5.41, 5.74) is 2.32. The monoisotopic (exact) mass is 266 g/mol. The minimum Gasteiger partial charge on any atom is -0.490 e. The van der Waals surface area contributed by atoms with Crippen molar-refractivity contribution in [3.05, 3.63) is 29.3 Å². The van der Waals surface area contributed by atoms with Gasteiger partial charge in [0.2, 0.25) is 0 Å². The van der Waals surface area contributed by atoms with E-state index in [0.29, 0.717) is 12.0 Å². The number of rotatable bonds is 4. The number of ether oxygens (including phenoxy) is 1. The van der Waals surface area contributed by atoms with Crippen molar-refractivity contribution in [1.29, 1.82) is 0 Å². The SMILES string of the molecule is CCC1CCCC(Oc2c(C)cccc2CCl)C1. The van der Waals surface area contributed by atoms with E-state index in [-0.39, 0.29) is 0 Å². The first-order valence-corrected chi connectivity index (χ1v) is 7.59. The minimum atomic E-state index is 0.381. The molecule has 1 nitrogen and oxygen atoms in total. The van der Waals surface area contributed by atoms with Crippen LogP contribution in [0.1, 0.15) is 50.2 Å². The van der Waals surface area contributed by atoms with Crippen LogP contribution in [-0.2, 0) is 5.88 Å². The van der Waals surface area contributed by atoms with E-state index in [2.05, 4.69) is 32.0 Å². The van der Waals surface area contributed by atoms with Crippen molar-refractivity contribution in [2.75, 3.05) is 0 Å². The van der Waals surface area contributed by atoms with E-state index in [4.69, 9.17) is 16.3 Å². The Hall–Kier alpha value is -0.690. The number of aryl methyl sites for hydroxylation is 1. The molecule has 0 bridgehead atoms. The van der Waals surface area contributed by atoms with E-state index in [0.717, 1.165) is 17.2 Å². The quantitative estimate of drug-likeness (QED) is 0.691. The van der Waals surface area contributed by atoms with Gasteiger partial charge in [-0.25, -0.2) is 0 Å². The molecule has 0 heterocycles. The van der Waals surface area contributed by atoms with Crippen LogP contribution in [0.5, 0.6) is 5.75 Å². The fourth-order valence-electron chi connectivity index (χ4n) is 2.87. The molecule has 0 spiro atoms. The first-order valence-electron chi connectivity index (χ1n) is 7.05. The Balaban J connectivity index is 2.09. The zero-order valence-corrected chi connectivity index (χ0v) is 12.2. The van der Waals surface area contributed by atoms with Crippen molar-refractivity contribution in [2.45, 2.75) is 57.9 Å². The molecular formula is C16H23ClO. The van der Waals surface area contributed by atoms with Crippen LogP contribution in [0.15, 0.2) is 18.2 Å². The maximum atomic E-state index is 6.26. The number of hydrogen-bond donors (Lipinski definition) is 0. The molecule has 0 radical (unpaired) electrons. The van der Waals surface area contributed by atoms with Crippen LogP contribution >= 0.6 is 11.6 Å². The van der Waals surface area contributed by atoms with Crippen LogP contribution in [0, 0.1) is 12.8 Å². The third kappa shape index (κ3) is 3.20. The lowest BCUT2D eigenvalue weighted by Crippen LogP contribution is -2.25. The van der Waals surface area contributed by atoms with Crippen molar-refractivity contribution in [1.82, 2.24) is 0 Å². The molecule has 1 aliphatic rings. The summed E-state index contributed by atoms with van der Waals surface area (Å²) in [5.74, 6) is 2.39. The Morgan fingerprint density at radius 1 is 1.33 bits per heavy atom. The predicted octanol–water partition coefficient (Wildman–Crippen LogP) is 5.08. The third-order valence-corrected chi connectivity index (χ3v) is 4.32. The molecule has 1 aromatic rings. The van der Waals surface area contributed by atoms with Crippen LogP contribution in [0.2, 0.25) is 0 Å². The molecule has 2 unspecified atom stereocenters. The summed E-state index contributed by atoms with van der Waals surface area (Å²) in [6, 6.07) is 6.22. The van der Waals surface area contributed by atoms with Gasteiger partial charge in [0.15, 0.2) is 0 Å². The second-order valence-electron chi connectivity index (χ2n) is 5.38. The summed E-state index contributed by atoms with van der Waals surface area (Å²) in [4.78, 5) is 0. The molecule has 1 saturated carbocycles. The molecule has 0 aromatic heterocycles. The molecular weight excluding hydrogens is 244 g/mol. The van der Waals surface area contributed by atoms with Crippen molar-refractivity contribution < 1.29 is 4.74 Å². The zero-order valence-electron chi connectivity index (χ0n) is 11.4. The van der Waals surface area contributed by atoms with Crippen molar-refractivity contribution >= 4 is 11.6 Å². The topological polar surface area (TPSA) is 9.23 Å². The molecule has 1 fully saturated rings. The molecule has 0 amide bonds. The number of para-hydroxylation sites is 1. The molecule has 2 atom stereocenters. The number of alkyl halides is 1. The van der Waals surface area contributed by atoms with E-state index < -0.39 is 0 Å². The van der Waals surface area contributed by atoms with Gasteiger partial charge in [0.1, 0.15) is 5.75 Å². The molecule has 100 valence electrons. The Kier molecular flexibility index (Phi) is 4.94. The van der Waals surface area contributed by atoms with Crippen molar-refractivity contribution in [3.63, 3.8) is 0 Å². The second-order valence-corrected chi connectivity index (χ2v) is 5.64. The standard InChI is InChI=1S/C16H23ClO/c1-3-13-7-5-9-15(10-13)18-16-12(2)6-4-8-14(16)11-17/h4,6,8,13,15H,3,5,7,9-11H2,1-2H3. The molecule has 2 rings (SSSR count). The van der Waals surface area contributed by atoms with E-state index in [9.17, 15) is 0 Å². The van der Waals surface area contributed by atoms with E-state index in [1.54, 1.807) is 0 Å². The molecule has 0 saturated heterocycles. The van der Waals surface area contributed by atoms with Crippen LogP contribution < -0.4 is 4.74 Å². The van der Waals surface area contributed by atoms with Gasteiger partial charge in [-0.3, -0.25) is 0 Å². The lowest BCUT2D eigenvalue weighted by molar-refractivity contribution is 0.120. The zero-order chi connectivity index (χ0) is 13.0. The molecule has 0 aliphatic heterocycles.